The molecular formula is C11H13NO3. The van der Waals surface area contributed by atoms with Gasteiger partial charge in [-0.05, 0) is 12.1 Å². The number of ether oxygens (including phenoxy) is 2. The van der Waals surface area contributed by atoms with Gasteiger partial charge in [0.25, 0.3) is 5.88 Å². The third kappa shape index (κ3) is 1.93. The fourth-order valence-corrected chi connectivity index (χ4v) is 1.36. The fraction of sp³-hybridized carbons (Fsp3) is 0.455. The van der Waals surface area contributed by atoms with Crippen LogP contribution in [0, 0.1) is 5.92 Å². The largest absolute Gasteiger partial charge is 0.484 e. The quantitative estimate of drug-likeness (QED) is 0.692. The molecule has 0 saturated heterocycles. The summed E-state index contributed by atoms with van der Waals surface area (Å²) in [6.45, 7) is 4.72. The third-order valence-electron chi connectivity index (χ3n) is 2.18. The van der Waals surface area contributed by atoms with Crippen molar-refractivity contribution < 1.29 is 14.3 Å². The maximum atomic E-state index is 11.7. The minimum absolute atomic E-state index is 0.0203. The van der Waals surface area contributed by atoms with Crippen LogP contribution in [0.1, 0.15) is 24.3 Å². The smallest absolute Gasteiger partial charge is 0.257 e. The van der Waals surface area contributed by atoms with Gasteiger partial charge in [-0.15, -0.1) is 0 Å². The summed E-state index contributed by atoms with van der Waals surface area (Å²) in [4.78, 5) is 15.8. The maximum absolute atomic E-state index is 11.7. The molecule has 1 aromatic heterocycles. The zero-order valence-electron chi connectivity index (χ0n) is 8.82. The zero-order valence-corrected chi connectivity index (χ0v) is 8.82. The number of rotatable bonds is 2. The Balaban J connectivity index is 2.32. The lowest BCUT2D eigenvalue weighted by Gasteiger charge is -2.17. The number of hydrogen-bond donors (Lipinski definition) is 0. The summed E-state index contributed by atoms with van der Waals surface area (Å²) in [6, 6.07) is 3.41. The lowest BCUT2D eigenvalue weighted by atomic mass is 10.1. The van der Waals surface area contributed by atoms with Crippen LogP contribution in [-0.2, 0) is 0 Å². The van der Waals surface area contributed by atoms with E-state index in [1.165, 1.54) is 0 Å². The minimum atomic E-state index is -0.0555. The van der Waals surface area contributed by atoms with Crippen LogP contribution in [0.2, 0.25) is 0 Å². The van der Waals surface area contributed by atoms with E-state index in [4.69, 9.17) is 9.47 Å². The molecule has 0 unspecified atom stereocenters. The minimum Gasteiger partial charge on any atom is -0.484 e. The van der Waals surface area contributed by atoms with Gasteiger partial charge in [0.15, 0.2) is 11.5 Å². The number of carbonyl (C=O) groups excluding carboxylic acids is 1. The lowest BCUT2D eigenvalue weighted by Crippen LogP contribution is -2.18. The van der Waals surface area contributed by atoms with E-state index in [0.29, 0.717) is 30.5 Å². The molecule has 2 heterocycles. The van der Waals surface area contributed by atoms with Crippen LogP contribution < -0.4 is 9.47 Å². The van der Waals surface area contributed by atoms with E-state index in [9.17, 15) is 4.79 Å². The van der Waals surface area contributed by atoms with Gasteiger partial charge >= 0.3 is 0 Å². The Kier molecular flexibility index (Phi) is 2.58. The van der Waals surface area contributed by atoms with E-state index in [0.717, 1.165) is 0 Å². The van der Waals surface area contributed by atoms with Crippen molar-refractivity contribution in [1.82, 2.24) is 4.98 Å². The third-order valence-corrected chi connectivity index (χ3v) is 2.18. The van der Waals surface area contributed by atoms with E-state index < -0.39 is 0 Å². The normalized spacial score (nSPS) is 14.1. The number of ketones is 1. The average molecular weight is 207 g/mol. The number of hydrogen-bond acceptors (Lipinski definition) is 4. The van der Waals surface area contributed by atoms with Gasteiger partial charge in [-0.2, -0.15) is 0 Å². The second kappa shape index (κ2) is 3.88. The summed E-state index contributed by atoms with van der Waals surface area (Å²) in [6.07, 6.45) is 0. The molecule has 0 atom stereocenters. The SMILES string of the molecule is CC(C)C(=O)c1ccc2c(n1)OCCO2. The highest BCUT2D eigenvalue weighted by Crippen LogP contribution is 2.27. The molecule has 0 aliphatic carbocycles. The summed E-state index contributed by atoms with van der Waals surface area (Å²) < 4.78 is 10.6. The molecule has 15 heavy (non-hydrogen) atoms. The van der Waals surface area contributed by atoms with Crippen molar-refractivity contribution in [2.24, 2.45) is 5.92 Å². The molecule has 2 rings (SSSR count). The summed E-state index contributed by atoms with van der Waals surface area (Å²) in [5, 5.41) is 0. The molecule has 0 amide bonds. The Morgan fingerprint density at radius 3 is 2.80 bits per heavy atom. The number of pyridine rings is 1. The Morgan fingerprint density at radius 1 is 1.33 bits per heavy atom. The summed E-state index contributed by atoms with van der Waals surface area (Å²) in [5.74, 6) is 1.00. The molecular weight excluding hydrogens is 194 g/mol. The fourth-order valence-electron chi connectivity index (χ4n) is 1.36. The monoisotopic (exact) mass is 207 g/mol. The summed E-state index contributed by atoms with van der Waals surface area (Å²) in [5.41, 5.74) is 0.439. The number of nitrogens with zero attached hydrogens (tertiary/aromatic N) is 1. The Morgan fingerprint density at radius 2 is 2.07 bits per heavy atom. The lowest BCUT2D eigenvalue weighted by molar-refractivity contribution is 0.0931. The highest BCUT2D eigenvalue weighted by atomic mass is 16.6. The van der Waals surface area contributed by atoms with Crippen molar-refractivity contribution in [3.05, 3.63) is 17.8 Å². The Hall–Kier alpha value is -1.58. The highest BCUT2D eigenvalue weighted by molar-refractivity contribution is 5.95. The van der Waals surface area contributed by atoms with Crippen molar-refractivity contribution in [2.75, 3.05) is 13.2 Å². The molecule has 4 nitrogen and oxygen atoms in total. The van der Waals surface area contributed by atoms with Crippen molar-refractivity contribution in [1.29, 1.82) is 0 Å². The first kappa shape index (κ1) is 9.96. The first-order valence-corrected chi connectivity index (χ1v) is 4.99. The molecule has 1 aliphatic heterocycles. The first-order valence-electron chi connectivity index (χ1n) is 4.99. The number of aromatic nitrogens is 1. The molecule has 0 aromatic carbocycles. The van der Waals surface area contributed by atoms with Crippen molar-refractivity contribution in [3.8, 4) is 11.6 Å². The Labute approximate surface area is 88.2 Å². The number of fused-ring (bicyclic) bond motifs is 1. The molecule has 0 N–H and O–H groups in total. The molecule has 0 saturated carbocycles. The van der Waals surface area contributed by atoms with Gasteiger partial charge in [-0.1, -0.05) is 13.8 Å². The maximum Gasteiger partial charge on any atom is 0.257 e. The second-order valence-corrected chi connectivity index (χ2v) is 3.72. The van der Waals surface area contributed by atoms with Crippen molar-refractivity contribution in [3.63, 3.8) is 0 Å². The summed E-state index contributed by atoms with van der Waals surface area (Å²) in [7, 11) is 0. The van der Waals surface area contributed by atoms with E-state index in [2.05, 4.69) is 4.98 Å². The predicted molar refractivity (Wildman–Crippen MR) is 54.4 cm³/mol. The zero-order chi connectivity index (χ0) is 10.8. The molecule has 1 aromatic rings. The van der Waals surface area contributed by atoms with Crippen molar-refractivity contribution >= 4 is 5.78 Å². The van der Waals surface area contributed by atoms with E-state index in [1.807, 2.05) is 13.8 Å². The van der Waals surface area contributed by atoms with Crippen LogP contribution in [0.15, 0.2) is 12.1 Å². The van der Waals surface area contributed by atoms with Gasteiger partial charge < -0.3 is 9.47 Å². The van der Waals surface area contributed by atoms with Gasteiger partial charge in [0.2, 0.25) is 0 Å². The second-order valence-electron chi connectivity index (χ2n) is 3.72. The van der Waals surface area contributed by atoms with Gasteiger partial charge in [-0.3, -0.25) is 4.79 Å². The van der Waals surface area contributed by atoms with Gasteiger partial charge in [0.05, 0.1) is 0 Å². The molecule has 1 aliphatic rings. The van der Waals surface area contributed by atoms with Gasteiger partial charge in [-0.25, -0.2) is 4.98 Å². The van der Waals surface area contributed by atoms with Crippen LogP contribution >= 0.6 is 0 Å². The van der Waals surface area contributed by atoms with Crippen molar-refractivity contribution in [2.45, 2.75) is 13.8 Å². The molecule has 0 fully saturated rings. The van der Waals surface area contributed by atoms with E-state index in [1.54, 1.807) is 12.1 Å². The van der Waals surface area contributed by atoms with Crippen LogP contribution in [0.3, 0.4) is 0 Å². The van der Waals surface area contributed by atoms with Crippen LogP contribution in [-0.4, -0.2) is 24.0 Å². The van der Waals surface area contributed by atoms with Crippen LogP contribution in [0.25, 0.3) is 0 Å². The van der Waals surface area contributed by atoms with Gasteiger partial charge in [0.1, 0.15) is 18.9 Å². The first-order chi connectivity index (χ1) is 7.18. The number of carbonyl (C=O) groups is 1. The highest BCUT2D eigenvalue weighted by Gasteiger charge is 2.18. The molecule has 0 bridgehead atoms. The standard InChI is InChI=1S/C11H13NO3/c1-7(2)10(13)8-3-4-9-11(12-8)15-6-5-14-9/h3-4,7H,5-6H2,1-2H3. The molecule has 80 valence electrons. The van der Waals surface area contributed by atoms with Crippen LogP contribution in [0.5, 0.6) is 11.6 Å². The molecule has 0 spiro atoms. The Bertz CT molecular complexity index is 387. The van der Waals surface area contributed by atoms with Crippen LogP contribution in [0.4, 0.5) is 0 Å². The summed E-state index contributed by atoms with van der Waals surface area (Å²) >= 11 is 0. The topological polar surface area (TPSA) is 48.4 Å². The molecule has 4 heteroatoms. The van der Waals surface area contributed by atoms with E-state index in [-0.39, 0.29) is 11.7 Å². The number of Topliss-reactive ketones (excluding diaryl/α,β-unsaturated/α-hetero) is 1. The van der Waals surface area contributed by atoms with Gasteiger partial charge in [0, 0.05) is 5.92 Å². The molecule has 0 radical (unpaired) electrons. The average Bonchev–Trinajstić information content (AvgIpc) is 2.27. The van der Waals surface area contributed by atoms with E-state index >= 15 is 0 Å². The predicted octanol–water partition coefficient (Wildman–Crippen LogP) is 1.69.